The Kier molecular flexibility index (Phi) is 7.31. The molecule has 1 aliphatic heterocycles. The SMILES string of the molecule is CCOc1ccc(CNC(C)CC(=O)Nc2cccc(N3CCCC3)c2)cc1. The van der Waals surface area contributed by atoms with Crippen LogP contribution in [0.25, 0.3) is 0 Å². The molecule has 1 fully saturated rings. The van der Waals surface area contributed by atoms with Crippen LogP contribution in [0, 0.1) is 0 Å². The molecule has 1 atom stereocenters. The van der Waals surface area contributed by atoms with Crippen molar-refractivity contribution in [2.75, 3.05) is 29.9 Å². The quantitative estimate of drug-likeness (QED) is 0.684. The van der Waals surface area contributed by atoms with Crippen LogP contribution in [0.15, 0.2) is 48.5 Å². The molecule has 0 aromatic heterocycles. The molecule has 5 heteroatoms. The number of benzene rings is 2. The summed E-state index contributed by atoms with van der Waals surface area (Å²) in [4.78, 5) is 14.8. The second-order valence-electron chi connectivity index (χ2n) is 7.36. The average molecular weight is 382 g/mol. The summed E-state index contributed by atoms with van der Waals surface area (Å²) < 4.78 is 5.46. The van der Waals surface area contributed by atoms with Gasteiger partial charge in [0, 0.05) is 43.5 Å². The van der Waals surface area contributed by atoms with Crippen molar-refractivity contribution in [2.24, 2.45) is 0 Å². The van der Waals surface area contributed by atoms with Crippen molar-refractivity contribution in [2.45, 2.75) is 45.7 Å². The standard InChI is InChI=1S/C23H31N3O2/c1-3-28-22-11-9-19(10-12-22)17-24-18(2)15-23(27)25-20-7-6-8-21(16-20)26-13-4-5-14-26/h6-12,16,18,24H,3-5,13-15,17H2,1-2H3,(H,25,27). The largest absolute Gasteiger partial charge is 0.494 e. The molecule has 0 radical (unpaired) electrons. The lowest BCUT2D eigenvalue weighted by molar-refractivity contribution is -0.116. The topological polar surface area (TPSA) is 53.6 Å². The van der Waals surface area contributed by atoms with Gasteiger partial charge >= 0.3 is 0 Å². The summed E-state index contributed by atoms with van der Waals surface area (Å²) in [5.74, 6) is 0.917. The van der Waals surface area contributed by atoms with Crippen LogP contribution in [0.3, 0.4) is 0 Å². The Balaban J connectivity index is 1.44. The van der Waals surface area contributed by atoms with E-state index >= 15 is 0 Å². The predicted molar refractivity (Wildman–Crippen MR) is 115 cm³/mol. The number of hydrogen-bond acceptors (Lipinski definition) is 4. The fourth-order valence-corrected chi connectivity index (χ4v) is 3.48. The third-order valence-corrected chi connectivity index (χ3v) is 4.98. The third kappa shape index (κ3) is 5.99. The van der Waals surface area contributed by atoms with Crippen molar-refractivity contribution >= 4 is 17.3 Å². The fourth-order valence-electron chi connectivity index (χ4n) is 3.48. The predicted octanol–water partition coefficient (Wildman–Crippen LogP) is 4.19. The first-order valence-electron chi connectivity index (χ1n) is 10.2. The molecule has 1 saturated heterocycles. The first-order valence-corrected chi connectivity index (χ1v) is 10.2. The molecule has 2 aromatic carbocycles. The molecule has 1 heterocycles. The minimum absolute atomic E-state index is 0.0327. The molecule has 1 amide bonds. The molecule has 1 aliphatic rings. The fraction of sp³-hybridized carbons (Fsp3) is 0.435. The molecule has 0 saturated carbocycles. The maximum Gasteiger partial charge on any atom is 0.225 e. The van der Waals surface area contributed by atoms with E-state index in [2.05, 4.69) is 39.8 Å². The van der Waals surface area contributed by atoms with Gasteiger partial charge in [-0.25, -0.2) is 0 Å². The average Bonchev–Trinajstić information content (AvgIpc) is 3.23. The number of nitrogens with one attached hydrogen (secondary N) is 2. The lowest BCUT2D eigenvalue weighted by Crippen LogP contribution is -2.30. The molecule has 2 N–H and O–H groups in total. The van der Waals surface area contributed by atoms with Gasteiger partial charge < -0.3 is 20.3 Å². The lowest BCUT2D eigenvalue weighted by Gasteiger charge is -2.19. The van der Waals surface area contributed by atoms with E-state index in [0.29, 0.717) is 13.0 Å². The highest BCUT2D eigenvalue weighted by Crippen LogP contribution is 2.23. The number of hydrogen-bond donors (Lipinski definition) is 2. The van der Waals surface area contributed by atoms with E-state index in [1.165, 1.54) is 24.1 Å². The van der Waals surface area contributed by atoms with E-state index in [0.717, 1.165) is 31.1 Å². The highest BCUT2D eigenvalue weighted by Gasteiger charge is 2.13. The summed E-state index contributed by atoms with van der Waals surface area (Å²) in [5.41, 5.74) is 3.24. The molecule has 1 unspecified atom stereocenters. The maximum atomic E-state index is 12.4. The van der Waals surface area contributed by atoms with Gasteiger partial charge in [-0.3, -0.25) is 4.79 Å². The number of anilines is 2. The van der Waals surface area contributed by atoms with Gasteiger partial charge in [0.15, 0.2) is 0 Å². The highest BCUT2D eigenvalue weighted by atomic mass is 16.5. The van der Waals surface area contributed by atoms with Crippen LogP contribution in [0.2, 0.25) is 0 Å². The minimum Gasteiger partial charge on any atom is -0.494 e. The van der Waals surface area contributed by atoms with Crippen LogP contribution in [-0.4, -0.2) is 31.6 Å². The highest BCUT2D eigenvalue weighted by molar-refractivity contribution is 5.91. The van der Waals surface area contributed by atoms with Gasteiger partial charge in [-0.1, -0.05) is 18.2 Å². The summed E-state index contributed by atoms with van der Waals surface area (Å²) in [5, 5.41) is 6.45. The van der Waals surface area contributed by atoms with Crippen LogP contribution >= 0.6 is 0 Å². The summed E-state index contributed by atoms with van der Waals surface area (Å²) in [6.45, 7) is 7.61. The first kappa shape index (κ1) is 20.2. The number of amides is 1. The number of carbonyl (C=O) groups is 1. The van der Waals surface area contributed by atoms with Crippen molar-refractivity contribution in [3.63, 3.8) is 0 Å². The Morgan fingerprint density at radius 1 is 1.14 bits per heavy atom. The van der Waals surface area contributed by atoms with E-state index < -0.39 is 0 Å². The Morgan fingerprint density at radius 2 is 1.89 bits per heavy atom. The van der Waals surface area contributed by atoms with Crippen molar-refractivity contribution in [1.29, 1.82) is 0 Å². The van der Waals surface area contributed by atoms with Crippen molar-refractivity contribution in [1.82, 2.24) is 5.32 Å². The van der Waals surface area contributed by atoms with Gasteiger partial charge in [0.25, 0.3) is 0 Å². The lowest BCUT2D eigenvalue weighted by atomic mass is 10.1. The van der Waals surface area contributed by atoms with Gasteiger partial charge in [0.05, 0.1) is 6.61 Å². The molecular formula is C23H31N3O2. The monoisotopic (exact) mass is 381 g/mol. The second kappa shape index (κ2) is 10.1. The first-order chi connectivity index (χ1) is 13.6. The van der Waals surface area contributed by atoms with E-state index in [9.17, 15) is 4.79 Å². The number of ether oxygens (including phenoxy) is 1. The van der Waals surface area contributed by atoms with E-state index in [1.54, 1.807) is 0 Å². The molecule has 5 nitrogen and oxygen atoms in total. The number of carbonyl (C=O) groups excluding carboxylic acids is 1. The van der Waals surface area contributed by atoms with Crippen LogP contribution in [0.4, 0.5) is 11.4 Å². The zero-order valence-corrected chi connectivity index (χ0v) is 16.9. The molecular weight excluding hydrogens is 350 g/mol. The third-order valence-electron chi connectivity index (χ3n) is 4.98. The number of nitrogens with zero attached hydrogens (tertiary/aromatic N) is 1. The Morgan fingerprint density at radius 3 is 2.61 bits per heavy atom. The molecule has 0 spiro atoms. The smallest absolute Gasteiger partial charge is 0.225 e. The van der Waals surface area contributed by atoms with Crippen LogP contribution in [-0.2, 0) is 11.3 Å². The Hall–Kier alpha value is -2.53. The summed E-state index contributed by atoms with van der Waals surface area (Å²) in [6, 6.07) is 16.3. The zero-order valence-electron chi connectivity index (χ0n) is 16.9. The molecule has 2 aromatic rings. The normalized spacial score (nSPS) is 14.7. The molecule has 150 valence electrons. The molecule has 0 bridgehead atoms. The van der Waals surface area contributed by atoms with Crippen molar-refractivity contribution < 1.29 is 9.53 Å². The molecule has 3 rings (SSSR count). The summed E-state index contributed by atoms with van der Waals surface area (Å²) in [7, 11) is 0. The van der Waals surface area contributed by atoms with Crippen molar-refractivity contribution in [3.8, 4) is 5.75 Å². The van der Waals surface area contributed by atoms with Gasteiger partial charge in [-0.15, -0.1) is 0 Å². The Bertz CT molecular complexity index is 755. The van der Waals surface area contributed by atoms with Crippen LogP contribution in [0.1, 0.15) is 38.7 Å². The maximum absolute atomic E-state index is 12.4. The van der Waals surface area contributed by atoms with E-state index in [1.807, 2.05) is 38.1 Å². The van der Waals surface area contributed by atoms with Gasteiger partial charge in [0.2, 0.25) is 5.91 Å². The van der Waals surface area contributed by atoms with Gasteiger partial charge in [-0.05, 0) is 62.6 Å². The Labute approximate surface area is 168 Å². The van der Waals surface area contributed by atoms with Crippen molar-refractivity contribution in [3.05, 3.63) is 54.1 Å². The van der Waals surface area contributed by atoms with E-state index in [4.69, 9.17) is 4.74 Å². The van der Waals surface area contributed by atoms with Crippen LogP contribution < -0.4 is 20.3 Å². The van der Waals surface area contributed by atoms with Crippen LogP contribution in [0.5, 0.6) is 5.75 Å². The summed E-state index contributed by atoms with van der Waals surface area (Å²) >= 11 is 0. The molecule has 0 aliphatic carbocycles. The van der Waals surface area contributed by atoms with Gasteiger partial charge in [-0.2, -0.15) is 0 Å². The second-order valence-corrected chi connectivity index (χ2v) is 7.36. The number of rotatable bonds is 9. The summed E-state index contributed by atoms with van der Waals surface area (Å²) in [6.07, 6.45) is 2.92. The molecule has 28 heavy (non-hydrogen) atoms. The van der Waals surface area contributed by atoms with Gasteiger partial charge in [0.1, 0.15) is 5.75 Å². The van der Waals surface area contributed by atoms with E-state index in [-0.39, 0.29) is 11.9 Å². The zero-order chi connectivity index (χ0) is 19.8. The minimum atomic E-state index is 0.0327.